The Morgan fingerprint density at radius 2 is 2.07 bits per heavy atom. The molecule has 0 saturated heterocycles. The second kappa shape index (κ2) is 7.12. The van der Waals surface area contributed by atoms with E-state index in [2.05, 4.69) is 5.32 Å². The number of rotatable bonds is 4. The van der Waals surface area contributed by atoms with Crippen LogP contribution in [-0.4, -0.2) is 19.1 Å². The smallest absolute Gasteiger partial charge is 0.325 e. The maximum Gasteiger partial charge on any atom is 0.325 e. The molecule has 0 heterocycles. The normalized spacial score (nSPS) is 8.93. The molecule has 0 fully saturated rings. The van der Waals surface area contributed by atoms with Gasteiger partial charge in [-0.15, -0.1) is 12.4 Å². The zero-order valence-corrected chi connectivity index (χ0v) is 9.76. The maximum atomic E-state index is 11.0. The second-order valence-electron chi connectivity index (χ2n) is 2.97. The summed E-state index contributed by atoms with van der Waals surface area (Å²) in [5.41, 5.74) is 2.09. The van der Waals surface area contributed by atoms with E-state index in [0.29, 0.717) is 6.61 Å². The molecule has 0 aliphatic carbocycles. The Bertz CT molecular complexity index is 315. The van der Waals surface area contributed by atoms with Crippen LogP contribution in [-0.2, 0) is 9.53 Å². The Morgan fingerprint density at radius 1 is 1.40 bits per heavy atom. The first-order valence-corrected chi connectivity index (χ1v) is 4.69. The fourth-order valence-electron chi connectivity index (χ4n) is 1.15. The third kappa shape index (κ3) is 4.70. The summed E-state index contributed by atoms with van der Waals surface area (Å²) in [6.07, 6.45) is 0. The highest BCUT2D eigenvalue weighted by molar-refractivity contribution is 5.85. The third-order valence-electron chi connectivity index (χ3n) is 1.87. The monoisotopic (exact) mass is 229 g/mol. The third-order valence-corrected chi connectivity index (χ3v) is 1.87. The molecule has 0 unspecified atom stereocenters. The van der Waals surface area contributed by atoms with Crippen LogP contribution >= 0.6 is 12.4 Å². The van der Waals surface area contributed by atoms with E-state index in [1.165, 1.54) is 0 Å². The van der Waals surface area contributed by atoms with Gasteiger partial charge in [-0.2, -0.15) is 0 Å². The molecule has 0 radical (unpaired) electrons. The Morgan fingerprint density at radius 3 is 2.67 bits per heavy atom. The fraction of sp³-hybridized carbons (Fsp3) is 0.364. The number of carbonyl (C=O) groups excluding carboxylic acids is 1. The minimum absolute atomic E-state index is 0. The van der Waals surface area contributed by atoms with E-state index in [1.807, 2.05) is 31.2 Å². The van der Waals surface area contributed by atoms with Crippen LogP contribution in [0.25, 0.3) is 0 Å². The largest absolute Gasteiger partial charge is 0.465 e. The Balaban J connectivity index is 0.00000196. The van der Waals surface area contributed by atoms with Crippen molar-refractivity contribution in [2.24, 2.45) is 0 Å². The summed E-state index contributed by atoms with van der Waals surface area (Å²) < 4.78 is 4.80. The van der Waals surface area contributed by atoms with Crippen LogP contribution in [0.1, 0.15) is 12.5 Å². The highest BCUT2D eigenvalue weighted by Gasteiger charge is 2.01. The number of para-hydroxylation sites is 1. The number of hydrogen-bond acceptors (Lipinski definition) is 3. The SMILES string of the molecule is CCOC(=O)CNc1ccccc1C.Cl. The van der Waals surface area contributed by atoms with Crippen LogP contribution in [0, 0.1) is 6.92 Å². The van der Waals surface area contributed by atoms with E-state index in [9.17, 15) is 4.79 Å². The number of carbonyl (C=O) groups is 1. The molecule has 15 heavy (non-hydrogen) atoms. The molecule has 1 aromatic rings. The Kier molecular flexibility index (Phi) is 6.54. The number of hydrogen-bond donors (Lipinski definition) is 1. The summed E-state index contributed by atoms with van der Waals surface area (Å²) >= 11 is 0. The molecule has 4 heteroatoms. The Hall–Kier alpha value is -1.22. The highest BCUT2D eigenvalue weighted by Crippen LogP contribution is 2.12. The van der Waals surface area contributed by atoms with Crippen molar-refractivity contribution in [1.82, 2.24) is 0 Å². The number of esters is 1. The molecule has 3 nitrogen and oxygen atoms in total. The quantitative estimate of drug-likeness (QED) is 0.806. The van der Waals surface area contributed by atoms with Gasteiger partial charge in [0.1, 0.15) is 6.54 Å². The van der Waals surface area contributed by atoms with Gasteiger partial charge in [0, 0.05) is 5.69 Å². The van der Waals surface area contributed by atoms with E-state index in [-0.39, 0.29) is 24.9 Å². The van der Waals surface area contributed by atoms with Gasteiger partial charge in [0.05, 0.1) is 6.61 Å². The van der Waals surface area contributed by atoms with E-state index in [1.54, 1.807) is 6.92 Å². The number of halogens is 1. The maximum absolute atomic E-state index is 11.0. The van der Waals surface area contributed by atoms with Crippen molar-refractivity contribution in [1.29, 1.82) is 0 Å². The molecule has 0 atom stereocenters. The van der Waals surface area contributed by atoms with E-state index in [0.717, 1.165) is 11.3 Å². The first-order valence-electron chi connectivity index (χ1n) is 4.69. The molecule has 0 bridgehead atoms. The predicted octanol–water partition coefficient (Wildman–Crippen LogP) is 2.39. The molecule has 1 aromatic carbocycles. The molecule has 0 saturated carbocycles. The molecule has 0 amide bonds. The van der Waals surface area contributed by atoms with Crippen LogP contribution in [0.4, 0.5) is 5.69 Å². The van der Waals surface area contributed by atoms with Gasteiger partial charge in [0.15, 0.2) is 0 Å². The van der Waals surface area contributed by atoms with Crippen molar-refractivity contribution in [3.05, 3.63) is 29.8 Å². The van der Waals surface area contributed by atoms with Gasteiger partial charge >= 0.3 is 5.97 Å². The van der Waals surface area contributed by atoms with Crippen molar-refractivity contribution >= 4 is 24.1 Å². The average Bonchev–Trinajstić information content (AvgIpc) is 2.17. The van der Waals surface area contributed by atoms with E-state index < -0.39 is 0 Å². The number of nitrogens with one attached hydrogen (secondary N) is 1. The van der Waals surface area contributed by atoms with Crippen molar-refractivity contribution in [2.75, 3.05) is 18.5 Å². The van der Waals surface area contributed by atoms with Gasteiger partial charge in [-0.3, -0.25) is 4.79 Å². The molecule has 0 aliphatic rings. The van der Waals surface area contributed by atoms with Gasteiger partial charge in [-0.1, -0.05) is 18.2 Å². The van der Waals surface area contributed by atoms with Crippen molar-refractivity contribution < 1.29 is 9.53 Å². The molecule has 0 aromatic heterocycles. The van der Waals surface area contributed by atoms with Gasteiger partial charge in [0.25, 0.3) is 0 Å². The number of anilines is 1. The lowest BCUT2D eigenvalue weighted by atomic mass is 10.2. The molecule has 84 valence electrons. The predicted molar refractivity (Wildman–Crippen MR) is 63.5 cm³/mol. The summed E-state index contributed by atoms with van der Waals surface area (Å²) in [6, 6.07) is 7.83. The summed E-state index contributed by atoms with van der Waals surface area (Å²) in [5, 5.41) is 3.02. The van der Waals surface area contributed by atoms with Crippen LogP contribution in [0.5, 0.6) is 0 Å². The summed E-state index contributed by atoms with van der Waals surface area (Å²) in [4.78, 5) is 11.0. The van der Waals surface area contributed by atoms with E-state index >= 15 is 0 Å². The highest BCUT2D eigenvalue weighted by atomic mass is 35.5. The molecule has 1 rings (SSSR count). The first kappa shape index (κ1) is 13.8. The zero-order chi connectivity index (χ0) is 10.4. The molecule has 0 spiro atoms. The van der Waals surface area contributed by atoms with Crippen LogP contribution in [0.3, 0.4) is 0 Å². The lowest BCUT2D eigenvalue weighted by molar-refractivity contribution is -0.140. The van der Waals surface area contributed by atoms with Crippen LogP contribution < -0.4 is 5.32 Å². The molecule has 0 aliphatic heterocycles. The number of ether oxygens (including phenoxy) is 1. The van der Waals surface area contributed by atoms with Crippen LogP contribution in [0.2, 0.25) is 0 Å². The molecular weight excluding hydrogens is 214 g/mol. The number of benzene rings is 1. The fourth-order valence-corrected chi connectivity index (χ4v) is 1.15. The van der Waals surface area contributed by atoms with Gasteiger partial charge in [-0.25, -0.2) is 0 Å². The van der Waals surface area contributed by atoms with Gasteiger partial charge < -0.3 is 10.1 Å². The number of aryl methyl sites for hydroxylation is 1. The van der Waals surface area contributed by atoms with Crippen molar-refractivity contribution in [3.8, 4) is 0 Å². The minimum Gasteiger partial charge on any atom is -0.465 e. The Labute approximate surface area is 96.2 Å². The molecular formula is C11H16ClNO2. The average molecular weight is 230 g/mol. The first-order chi connectivity index (χ1) is 6.74. The lowest BCUT2D eigenvalue weighted by Crippen LogP contribution is -2.17. The zero-order valence-electron chi connectivity index (χ0n) is 8.95. The second-order valence-corrected chi connectivity index (χ2v) is 2.97. The summed E-state index contributed by atoms with van der Waals surface area (Å²) in [7, 11) is 0. The summed E-state index contributed by atoms with van der Waals surface area (Å²) in [5.74, 6) is -0.226. The van der Waals surface area contributed by atoms with Crippen molar-refractivity contribution in [2.45, 2.75) is 13.8 Å². The van der Waals surface area contributed by atoms with E-state index in [4.69, 9.17) is 4.74 Å². The van der Waals surface area contributed by atoms with Gasteiger partial charge in [0.2, 0.25) is 0 Å². The van der Waals surface area contributed by atoms with Crippen LogP contribution in [0.15, 0.2) is 24.3 Å². The topological polar surface area (TPSA) is 38.3 Å². The van der Waals surface area contributed by atoms with Gasteiger partial charge in [-0.05, 0) is 25.5 Å². The minimum atomic E-state index is -0.226. The van der Waals surface area contributed by atoms with Crippen molar-refractivity contribution in [3.63, 3.8) is 0 Å². The lowest BCUT2D eigenvalue weighted by Gasteiger charge is -2.08. The standard InChI is InChI=1S/C11H15NO2.ClH/c1-3-14-11(13)8-12-10-7-5-4-6-9(10)2;/h4-7,12H,3,8H2,1-2H3;1H. The summed E-state index contributed by atoms with van der Waals surface area (Å²) in [6.45, 7) is 4.44. The molecule has 1 N–H and O–H groups in total.